The van der Waals surface area contributed by atoms with Crippen molar-refractivity contribution < 1.29 is 4.39 Å². The number of halogens is 1. The quantitative estimate of drug-likeness (QED) is 0.792. The highest BCUT2D eigenvalue weighted by atomic mass is 19.1. The van der Waals surface area contributed by atoms with E-state index >= 15 is 0 Å². The summed E-state index contributed by atoms with van der Waals surface area (Å²) in [7, 11) is 0. The Bertz CT molecular complexity index is 429. The predicted molar refractivity (Wildman–Crippen MR) is 77.7 cm³/mol. The van der Waals surface area contributed by atoms with E-state index in [2.05, 4.69) is 17.9 Å². The van der Waals surface area contributed by atoms with Gasteiger partial charge in [0.2, 0.25) is 0 Å². The van der Waals surface area contributed by atoms with E-state index in [1.54, 1.807) is 6.07 Å². The molecule has 0 radical (unpaired) electrons. The molecule has 1 aliphatic heterocycles. The zero-order chi connectivity index (χ0) is 14.3. The molecule has 0 spiro atoms. The maximum atomic E-state index is 13.0. The summed E-state index contributed by atoms with van der Waals surface area (Å²) in [6, 6.07) is 6.55. The smallest absolute Gasteiger partial charge is 0.124 e. The summed E-state index contributed by atoms with van der Waals surface area (Å²) in [5.74, 6) is 0.464. The Hall–Kier alpha value is -1.56. The molecule has 0 bridgehead atoms. The lowest BCUT2D eigenvalue weighted by Gasteiger charge is -2.33. The molecule has 0 saturated carbocycles. The number of anilines is 1. The van der Waals surface area contributed by atoms with Crippen LogP contribution in [0, 0.1) is 23.1 Å². The third-order valence-corrected chi connectivity index (χ3v) is 3.61. The molecule has 0 aromatic heterocycles. The van der Waals surface area contributed by atoms with Gasteiger partial charge in [-0.15, -0.1) is 0 Å². The second-order valence-corrected chi connectivity index (χ2v) is 4.61. The summed E-state index contributed by atoms with van der Waals surface area (Å²) in [4.78, 5) is 2.20. The van der Waals surface area contributed by atoms with Crippen LogP contribution in [0.4, 0.5) is 10.1 Å². The number of hydrogen-bond acceptors (Lipinski definition) is 2. The Balaban J connectivity index is 0.000000861. The van der Waals surface area contributed by atoms with Crippen molar-refractivity contribution in [3.8, 4) is 6.07 Å². The molecule has 1 saturated heterocycles. The molecule has 0 amide bonds. The van der Waals surface area contributed by atoms with E-state index in [1.165, 1.54) is 31.4 Å². The highest BCUT2D eigenvalue weighted by Gasteiger charge is 2.20. The minimum atomic E-state index is -0.339. The standard InChI is InChI=1S/C14H17FN2.C2H6/c1-2-11-5-7-17(8-6-11)14-4-3-13(15)9-12(14)10-16;1-2/h3-4,9,11H,2,5-8H2,1H3;1-2H3. The van der Waals surface area contributed by atoms with Crippen LogP contribution in [-0.2, 0) is 0 Å². The van der Waals surface area contributed by atoms with E-state index in [9.17, 15) is 4.39 Å². The third kappa shape index (κ3) is 3.96. The van der Waals surface area contributed by atoms with Gasteiger partial charge in [-0.1, -0.05) is 27.2 Å². The predicted octanol–water partition coefficient (Wildman–Crippen LogP) is 4.35. The fourth-order valence-corrected chi connectivity index (χ4v) is 2.46. The number of hydrogen-bond donors (Lipinski definition) is 0. The Morgan fingerprint density at radius 2 is 1.95 bits per heavy atom. The van der Waals surface area contributed by atoms with Crippen molar-refractivity contribution in [2.24, 2.45) is 5.92 Å². The molecule has 0 N–H and O–H groups in total. The topological polar surface area (TPSA) is 27.0 Å². The highest BCUT2D eigenvalue weighted by Crippen LogP contribution is 2.27. The lowest BCUT2D eigenvalue weighted by atomic mass is 9.94. The fourth-order valence-electron chi connectivity index (χ4n) is 2.46. The van der Waals surface area contributed by atoms with Crippen molar-refractivity contribution in [1.29, 1.82) is 5.26 Å². The molecule has 0 unspecified atom stereocenters. The molecule has 1 heterocycles. The molecule has 1 fully saturated rings. The largest absolute Gasteiger partial charge is 0.370 e. The zero-order valence-electron chi connectivity index (χ0n) is 12.1. The van der Waals surface area contributed by atoms with Gasteiger partial charge in [-0.2, -0.15) is 5.26 Å². The van der Waals surface area contributed by atoms with Gasteiger partial charge in [0.15, 0.2) is 0 Å². The second kappa shape index (κ2) is 7.78. The van der Waals surface area contributed by atoms with Gasteiger partial charge < -0.3 is 4.90 Å². The average Bonchev–Trinajstić information content (AvgIpc) is 2.49. The van der Waals surface area contributed by atoms with Crippen molar-refractivity contribution in [3.63, 3.8) is 0 Å². The summed E-state index contributed by atoms with van der Waals surface area (Å²) < 4.78 is 13.0. The van der Waals surface area contributed by atoms with Crippen LogP contribution in [0.3, 0.4) is 0 Å². The van der Waals surface area contributed by atoms with Gasteiger partial charge in [-0.25, -0.2) is 4.39 Å². The maximum Gasteiger partial charge on any atom is 0.124 e. The Morgan fingerprint density at radius 1 is 1.32 bits per heavy atom. The van der Waals surface area contributed by atoms with Gasteiger partial charge >= 0.3 is 0 Å². The Kier molecular flexibility index (Phi) is 6.35. The maximum absolute atomic E-state index is 13.0. The van der Waals surface area contributed by atoms with Crippen LogP contribution in [-0.4, -0.2) is 13.1 Å². The van der Waals surface area contributed by atoms with Crippen LogP contribution < -0.4 is 4.90 Å². The summed E-state index contributed by atoms with van der Waals surface area (Å²) in [6.45, 7) is 8.16. The molecule has 1 aliphatic rings. The van der Waals surface area contributed by atoms with E-state index in [0.29, 0.717) is 5.56 Å². The molecule has 2 nitrogen and oxygen atoms in total. The molecule has 19 heavy (non-hydrogen) atoms. The highest BCUT2D eigenvalue weighted by molar-refractivity contribution is 5.59. The van der Waals surface area contributed by atoms with Gasteiger partial charge in [0.25, 0.3) is 0 Å². The van der Waals surface area contributed by atoms with Gasteiger partial charge in [0.05, 0.1) is 11.3 Å². The van der Waals surface area contributed by atoms with Crippen molar-refractivity contribution >= 4 is 5.69 Å². The van der Waals surface area contributed by atoms with E-state index < -0.39 is 0 Å². The molecule has 3 heteroatoms. The van der Waals surface area contributed by atoms with Gasteiger partial charge in [-0.05, 0) is 37.0 Å². The average molecular weight is 262 g/mol. The van der Waals surface area contributed by atoms with Crippen molar-refractivity contribution in [2.45, 2.75) is 40.0 Å². The summed E-state index contributed by atoms with van der Waals surface area (Å²) in [6.07, 6.45) is 3.56. The van der Waals surface area contributed by atoms with Gasteiger partial charge in [0.1, 0.15) is 11.9 Å². The molecular weight excluding hydrogens is 239 g/mol. The van der Waals surface area contributed by atoms with Crippen LogP contribution in [0.5, 0.6) is 0 Å². The first-order chi connectivity index (χ1) is 9.24. The van der Waals surface area contributed by atoms with Crippen molar-refractivity contribution in [3.05, 3.63) is 29.6 Å². The Morgan fingerprint density at radius 3 is 2.47 bits per heavy atom. The summed E-state index contributed by atoms with van der Waals surface area (Å²) in [5.41, 5.74) is 1.32. The van der Waals surface area contributed by atoms with E-state index in [0.717, 1.165) is 24.7 Å². The van der Waals surface area contributed by atoms with E-state index in [1.807, 2.05) is 13.8 Å². The molecule has 1 aromatic rings. The molecular formula is C16H23FN2. The lowest BCUT2D eigenvalue weighted by molar-refractivity contribution is 0.395. The second-order valence-electron chi connectivity index (χ2n) is 4.61. The SMILES string of the molecule is CC.CCC1CCN(c2ccc(F)cc2C#N)CC1. The first-order valence-corrected chi connectivity index (χ1v) is 7.19. The molecule has 2 rings (SSSR count). The molecule has 104 valence electrons. The van der Waals surface area contributed by atoms with Crippen LogP contribution in [0.15, 0.2) is 18.2 Å². The number of benzene rings is 1. The molecule has 0 aliphatic carbocycles. The fraction of sp³-hybridized carbons (Fsp3) is 0.562. The number of rotatable bonds is 2. The minimum Gasteiger partial charge on any atom is -0.370 e. The lowest BCUT2D eigenvalue weighted by Crippen LogP contribution is -2.33. The first kappa shape index (κ1) is 15.5. The molecule has 1 aromatic carbocycles. The van der Waals surface area contributed by atoms with Crippen LogP contribution in [0.25, 0.3) is 0 Å². The normalized spacial score (nSPS) is 15.4. The summed E-state index contributed by atoms with van der Waals surface area (Å²) >= 11 is 0. The number of piperidine rings is 1. The Labute approximate surface area is 115 Å². The minimum absolute atomic E-state index is 0.339. The van der Waals surface area contributed by atoms with Gasteiger partial charge in [-0.3, -0.25) is 0 Å². The van der Waals surface area contributed by atoms with Gasteiger partial charge in [0, 0.05) is 13.1 Å². The monoisotopic (exact) mass is 262 g/mol. The number of nitrogens with zero attached hydrogens (tertiary/aromatic N) is 2. The van der Waals surface area contributed by atoms with Crippen LogP contribution >= 0.6 is 0 Å². The summed E-state index contributed by atoms with van der Waals surface area (Å²) in [5, 5.41) is 9.03. The first-order valence-electron chi connectivity index (χ1n) is 7.19. The molecule has 0 atom stereocenters. The van der Waals surface area contributed by atoms with E-state index in [4.69, 9.17) is 5.26 Å². The number of nitriles is 1. The van der Waals surface area contributed by atoms with Crippen LogP contribution in [0.1, 0.15) is 45.6 Å². The van der Waals surface area contributed by atoms with Crippen LogP contribution in [0.2, 0.25) is 0 Å². The third-order valence-electron chi connectivity index (χ3n) is 3.61. The van der Waals surface area contributed by atoms with E-state index in [-0.39, 0.29) is 5.82 Å². The van der Waals surface area contributed by atoms with Crippen molar-refractivity contribution in [2.75, 3.05) is 18.0 Å². The van der Waals surface area contributed by atoms with Crippen molar-refractivity contribution in [1.82, 2.24) is 0 Å². The zero-order valence-corrected chi connectivity index (χ0v) is 12.1.